The third kappa shape index (κ3) is 5.27. The SMILES string of the molecule is CN=C(NCCCn1ccc2ccccc21)NCCC(=O)N1CCCCC1C. The highest BCUT2D eigenvalue weighted by Crippen LogP contribution is 2.17. The molecule has 152 valence electrons. The number of nitrogens with one attached hydrogen (secondary N) is 2. The first-order valence-corrected chi connectivity index (χ1v) is 10.5. The number of benzene rings is 1. The van der Waals surface area contributed by atoms with Gasteiger partial charge in [-0.15, -0.1) is 0 Å². The van der Waals surface area contributed by atoms with Crippen molar-refractivity contribution < 1.29 is 4.79 Å². The van der Waals surface area contributed by atoms with E-state index in [1.165, 1.54) is 17.3 Å². The van der Waals surface area contributed by atoms with Crippen LogP contribution in [-0.4, -0.2) is 54.1 Å². The predicted octanol–water partition coefficient (Wildman–Crippen LogP) is 2.99. The predicted molar refractivity (Wildman–Crippen MR) is 116 cm³/mol. The number of carbonyl (C=O) groups excluding carboxylic acids is 1. The lowest BCUT2D eigenvalue weighted by Gasteiger charge is -2.33. The van der Waals surface area contributed by atoms with Crippen LogP contribution in [0.3, 0.4) is 0 Å². The highest BCUT2D eigenvalue weighted by atomic mass is 16.2. The normalized spacial score (nSPS) is 17.7. The van der Waals surface area contributed by atoms with Gasteiger partial charge >= 0.3 is 0 Å². The van der Waals surface area contributed by atoms with Crippen LogP contribution in [0.15, 0.2) is 41.5 Å². The standard InChI is InChI=1S/C22H33N5O/c1-18-8-5-6-16-27(18)21(28)11-14-25-22(23-2)24-13-7-15-26-17-12-19-9-3-4-10-20(19)26/h3-4,9-10,12,17-18H,5-8,11,13-16H2,1-2H3,(H2,23,24,25). The summed E-state index contributed by atoms with van der Waals surface area (Å²) < 4.78 is 2.28. The number of amides is 1. The summed E-state index contributed by atoms with van der Waals surface area (Å²) in [4.78, 5) is 18.7. The van der Waals surface area contributed by atoms with Crippen molar-refractivity contribution in [1.29, 1.82) is 0 Å². The molecule has 1 aliphatic heterocycles. The summed E-state index contributed by atoms with van der Waals surface area (Å²) in [5, 5.41) is 7.88. The van der Waals surface area contributed by atoms with Gasteiger partial charge in [0, 0.05) is 57.4 Å². The number of aliphatic imine (C=N–C) groups is 1. The van der Waals surface area contributed by atoms with Crippen LogP contribution in [0.5, 0.6) is 0 Å². The van der Waals surface area contributed by atoms with Crippen LogP contribution in [-0.2, 0) is 11.3 Å². The zero-order chi connectivity index (χ0) is 19.8. The van der Waals surface area contributed by atoms with Gasteiger partial charge in [-0.05, 0) is 50.1 Å². The van der Waals surface area contributed by atoms with Gasteiger partial charge in [0.1, 0.15) is 0 Å². The molecule has 1 atom stereocenters. The smallest absolute Gasteiger partial charge is 0.224 e. The summed E-state index contributed by atoms with van der Waals surface area (Å²) in [5.74, 6) is 1.01. The van der Waals surface area contributed by atoms with E-state index in [1.807, 2.05) is 4.90 Å². The minimum absolute atomic E-state index is 0.245. The van der Waals surface area contributed by atoms with Crippen molar-refractivity contribution in [2.45, 2.75) is 51.6 Å². The maximum Gasteiger partial charge on any atom is 0.224 e. The third-order valence-corrected chi connectivity index (χ3v) is 5.53. The van der Waals surface area contributed by atoms with Gasteiger partial charge in [0.2, 0.25) is 5.91 Å². The number of guanidine groups is 1. The van der Waals surface area contributed by atoms with Gasteiger partial charge in [-0.1, -0.05) is 18.2 Å². The van der Waals surface area contributed by atoms with Gasteiger partial charge in [-0.3, -0.25) is 9.79 Å². The molecule has 0 saturated carbocycles. The number of hydrogen-bond donors (Lipinski definition) is 2. The Kier molecular flexibility index (Phi) is 7.34. The fourth-order valence-corrected chi connectivity index (χ4v) is 3.91. The maximum absolute atomic E-state index is 12.4. The van der Waals surface area contributed by atoms with Gasteiger partial charge in [-0.2, -0.15) is 0 Å². The lowest BCUT2D eigenvalue weighted by molar-refractivity contribution is -0.134. The zero-order valence-corrected chi connectivity index (χ0v) is 17.2. The molecule has 1 amide bonds. The highest BCUT2D eigenvalue weighted by molar-refractivity contribution is 5.81. The number of nitrogens with zero attached hydrogens (tertiary/aromatic N) is 3. The van der Waals surface area contributed by atoms with E-state index < -0.39 is 0 Å². The summed E-state index contributed by atoms with van der Waals surface area (Å²) in [6.07, 6.45) is 7.15. The molecule has 0 aliphatic carbocycles. The summed E-state index contributed by atoms with van der Waals surface area (Å²) >= 11 is 0. The van der Waals surface area contributed by atoms with E-state index in [4.69, 9.17) is 0 Å². The summed E-state index contributed by atoms with van der Waals surface area (Å²) in [5.41, 5.74) is 1.27. The Balaban J connectivity index is 1.35. The number of fused-ring (bicyclic) bond motifs is 1. The number of hydrogen-bond acceptors (Lipinski definition) is 2. The molecule has 0 spiro atoms. The maximum atomic E-state index is 12.4. The lowest BCUT2D eigenvalue weighted by atomic mass is 10.0. The van der Waals surface area contributed by atoms with Crippen molar-refractivity contribution in [2.75, 3.05) is 26.7 Å². The second-order valence-electron chi connectivity index (χ2n) is 7.53. The number of aryl methyl sites for hydroxylation is 1. The first kappa shape index (κ1) is 20.2. The van der Waals surface area contributed by atoms with E-state index in [2.05, 4.69) is 63.6 Å². The molecule has 1 unspecified atom stereocenters. The van der Waals surface area contributed by atoms with Crippen LogP contribution < -0.4 is 10.6 Å². The molecule has 6 nitrogen and oxygen atoms in total. The molecule has 2 heterocycles. The van der Waals surface area contributed by atoms with Crippen LogP contribution in [0.25, 0.3) is 10.9 Å². The quantitative estimate of drug-likeness (QED) is 0.439. The number of aromatic nitrogens is 1. The summed E-state index contributed by atoms with van der Waals surface area (Å²) in [7, 11) is 1.77. The molecule has 0 bridgehead atoms. The lowest BCUT2D eigenvalue weighted by Crippen LogP contribution is -2.44. The van der Waals surface area contributed by atoms with Crippen molar-refractivity contribution in [2.24, 2.45) is 4.99 Å². The van der Waals surface area contributed by atoms with Crippen LogP contribution in [0.4, 0.5) is 0 Å². The Bertz CT molecular complexity index is 797. The van der Waals surface area contributed by atoms with Crippen molar-refractivity contribution in [3.05, 3.63) is 36.5 Å². The molecular weight excluding hydrogens is 350 g/mol. The molecule has 2 aromatic rings. The number of carbonyl (C=O) groups is 1. The average molecular weight is 384 g/mol. The van der Waals surface area contributed by atoms with E-state index in [0.717, 1.165) is 44.9 Å². The monoisotopic (exact) mass is 383 g/mol. The third-order valence-electron chi connectivity index (χ3n) is 5.53. The topological polar surface area (TPSA) is 61.7 Å². The highest BCUT2D eigenvalue weighted by Gasteiger charge is 2.22. The van der Waals surface area contributed by atoms with Gasteiger partial charge < -0.3 is 20.1 Å². The number of para-hydroxylation sites is 1. The molecule has 1 aromatic heterocycles. The molecule has 6 heteroatoms. The minimum Gasteiger partial charge on any atom is -0.356 e. The molecule has 28 heavy (non-hydrogen) atoms. The van der Waals surface area contributed by atoms with Crippen LogP contribution in [0.1, 0.15) is 39.0 Å². The molecule has 0 radical (unpaired) electrons. The van der Waals surface area contributed by atoms with Crippen molar-refractivity contribution in [3.8, 4) is 0 Å². The molecule has 3 rings (SSSR count). The van der Waals surface area contributed by atoms with Crippen molar-refractivity contribution in [3.63, 3.8) is 0 Å². The molecule has 1 aliphatic rings. The number of rotatable bonds is 7. The van der Waals surface area contributed by atoms with Gasteiger partial charge in [0.05, 0.1) is 0 Å². The number of likely N-dealkylation sites (tertiary alicyclic amines) is 1. The van der Waals surface area contributed by atoms with Crippen LogP contribution >= 0.6 is 0 Å². The second kappa shape index (κ2) is 10.2. The Morgan fingerprint density at radius 1 is 1.18 bits per heavy atom. The van der Waals surface area contributed by atoms with Crippen LogP contribution in [0, 0.1) is 0 Å². The van der Waals surface area contributed by atoms with Crippen molar-refractivity contribution in [1.82, 2.24) is 20.1 Å². The zero-order valence-electron chi connectivity index (χ0n) is 17.2. The number of piperidine rings is 1. The Hall–Kier alpha value is -2.50. The molecule has 1 aromatic carbocycles. The Morgan fingerprint density at radius 3 is 2.82 bits per heavy atom. The van der Waals surface area contributed by atoms with E-state index in [0.29, 0.717) is 19.0 Å². The fourth-order valence-electron chi connectivity index (χ4n) is 3.91. The fraction of sp³-hybridized carbons (Fsp3) is 0.545. The van der Waals surface area contributed by atoms with Gasteiger partial charge in [0.25, 0.3) is 0 Å². The van der Waals surface area contributed by atoms with Crippen LogP contribution in [0.2, 0.25) is 0 Å². The largest absolute Gasteiger partial charge is 0.356 e. The van der Waals surface area contributed by atoms with E-state index in [1.54, 1.807) is 7.05 Å². The van der Waals surface area contributed by atoms with E-state index in [9.17, 15) is 4.79 Å². The summed E-state index contributed by atoms with van der Waals surface area (Å²) in [6, 6.07) is 11.0. The summed E-state index contributed by atoms with van der Waals surface area (Å²) in [6.45, 7) is 5.47. The first-order valence-electron chi connectivity index (χ1n) is 10.5. The van der Waals surface area contributed by atoms with Gasteiger partial charge in [-0.25, -0.2) is 0 Å². The minimum atomic E-state index is 0.245. The molecule has 1 fully saturated rings. The first-order chi connectivity index (χ1) is 13.7. The Labute approximate surface area is 168 Å². The van der Waals surface area contributed by atoms with Crippen molar-refractivity contribution >= 4 is 22.8 Å². The van der Waals surface area contributed by atoms with E-state index in [-0.39, 0.29) is 5.91 Å². The second-order valence-corrected chi connectivity index (χ2v) is 7.53. The average Bonchev–Trinajstić information content (AvgIpc) is 3.13. The Morgan fingerprint density at radius 2 is 2.00 bits per heavy atom. The van der Waals surface area contributed by atoms with E-state index >= 15 is 0 Å². The molecular formula is C22H33N5O. The van der Waals surface area contributed by atoms with Gasteiger partial charge in [0.15, 0.2) is 5.96 Å². The molecule has 1 saturated heterocycles. The molecule has 2 N–H and O–H groups in total.